The summed E-state index contributed by atoms with van der Waals surface area (Å²) < 4.78 is 6.16. The second-order valence-corrected chi connectivity index (χ2v) is 5.34. The molecule has 86 valence electrons. The summed E-state index contributed by atoms with van der Waals surface area (Å²) in [5, 5.41) is 0. The normalized spacial score (nSPS) is 13.0. The molecule has 0 radical (unpaired) electrons. The molecule has 0 saturated heterocycles. The Bertz CT molecular complexity index is 418. The number of hydrogen-bond donors (Lipinski definition) is 0. The van der Waals surface area contributed by atoms with Crippen LogP contribution in [0.1, 0.15) is 33.5 Å². The van der Waals surface area contributed by atoms with E-state index in [1.807, 2.05) is 20.8 Å². The van der Waals surface area contributed by atoms with E-state index in [9.17, 15) is 0 Å². The van der Waals surface area contributed by atoms with Crippen molar-refractivity contribution in [1.29, 1.82) is 0 Å². The average molecular weight is 283 g/mol. The van der Waals surface area contributed by atoms with E-state index < -0.39 is 0 Å². The first-order valence-corrected chi connectivity index (χ1v) is 5.80. The molecule has 0 saturated carbocycles. The molecule has 1 aromatic heterocycles. The van der Waals surface area contributed by atoms with Crippen molar-refractivity contribution in [1.82, 2.24) is 9.97 Å². The third kappa shape index (κ3) is 3.49. The molecule has 1 rings (SSSR count). The van der Waals surface area contributed by atoms with E-state index in [1.165, 1.54) is 0 Å². The molecule has 0 aliphatic carbocycles. The quantitative estimate of drug-likeness (QED) is 0.618. The van der Waals surface area contributed by atoms with Gasteiger partial charge in [0.1, 0.15) is 10.4 Å². The summed E-state index contributed by atoms with van der Waals surface area (Å²) in [5.74, 6) is 3.71. The highest BCUT2D eigenvalue weighted by Gasteiger charge is 2.19. The number of hydrogen-bond acceptors (Lipinski definition) is 3. The van der Waals surface area contributed by atoms with Gasteiger partial charge in [-0.2, -0.15) is 4.98 Å². The van der Waals surface area contributed by atoms with Crippen molar-refractivity contribution in [2.75, 3.05) is 0 Å². The highest BCUT2D eigenvalue weighted by molar-refractivity contribution is 9.10. The van der Waals surface area contributed by atoms with Crippen molar-refractivity contribution in [2.24, 2.45) is 0 Å². The largest absolute Gasteiger partial charge is 0.461 e. The minimum Gasteiger partial charge on any atom is -0.461 e. The number of halogens is 1. The van der Waals surface area contributed by atoms with Gasteiger partial charge in [0.05, 0.1) is 0 Å². The van der Waals surface area contributed by atoms with Crippen molar-refractivity contribution in [2.45, 2.75) is 39.2 Å². The van der Waals surface area contributed by atoms with Gasteiger partial charge in [0.2, 0.25) is 5.88 Å². The third-order valence-corrected chi connectivity index (χ3v) is 2.28. The van der Waals surface area contributed by atoms with Gasteiger partial charge in [-0.25, -0.2) is 4.98 Å². The number of aromatic nitrogens is 2. The first-order chi connectivity index (χ1) is 7.32. The second kappa shape index (κ2) is 4.84. The minimum absolute atomic E-state index is 0.124. The Morgan fingerprint density at radius 3 is 2.56 bits per heavy atom. The van der Waals surface area contributed by atoms with Crippen LogP contribution >= 0.6 is 15.9 Å². The topological polar surface area (TPSA) is 35.0 Å². The van der Waals surface area contributed by atoms with Crippen LogP contribution in [0.4, 0.5) is 0 Å². The van der Waals surface area contributed by atoms with Crippen molar-refractivity contribution in [3.05, 3.63) is 16.5 Å². The van der Waals surface area contributed by atoms with Crippen LogP contribution in [0.25, 0.3) is 0 Å². The maximum absolute atomic E-state index is 5.46. The zero-order chi connectivity index (χ0) is 12.3. The standard InChI is InChI=1S/C12H15BrN2O/c1-6-8(2)16-10-7-9(13)14-11(15-10)12(3,4)5/h1,7-8H,2-5H3. The summed E-state index contributed by atoms with van der Waals surface area (Å²) >= 11 is 3.33. The van der Waals surface area contributed by atoms with E-state index in [4.69, 9.17) is 11.2 Å². The van der Waals surface area contributed by atoms with Gasteiger partial charge in [-0.3, -0.25) is 0 Å². The molecule has 0 spiro atoms. The smallest absolute Gasteiger partial charge is 0.218 e. The van der Waals surface area contributed by atoms with Gasteiger partial charge in [-0.05, 0) is 22.9 Å². The Morgan fingerprint density at radius 2 is 2.06 bits per heavy atom. The van der Waals surface area contributed by atoms with Crippen LogP contribution in [0.2, 0.25) is 0 Å². The van der Waals surface area contributed by atoms with Gasteiger partial charge in [0.15, 0.2) is 6.10 Å². The maximum atomic E-state index is 5.46. The van der Waals surface area contributed by atoms with Crippen LogP contribution in [0.3, 0.4) is 0 Å². The summed E-state index contributed by atoms with van der Waals surface area (Å²) in [7, 11) is 0. The molecule has 0 aliphatic rings. The van der Waals surface area contributed by atoms with E-state index in [-0.39, 0.29) is 11.5 Å². The lowest BCUT2D eigenvalue weighted by molar-refractivity contribution is 0.264. The Hall–Kier alpha value is -1.08. The Balaban J connectivity index is 3.05. The van der Waals surface area contributed by atoms with Crippen LogP contribution in [0.15, 0.2) is 10.7 Å². The molecule has 1 unspecified atom stereocenters. The van der Waals surface area contributed by atoms with E-state index in [0.29, 0.717) is 10.5 Å². The molecule has 0 N–H and O–H groups in total. The van der Waals surface area contributed by atoms with Crippen LogP contribution in [-0.4, -0.2) is 16.1 Å². The van der Waals surface area contributed by atoms with Gasteiger partial charge in [0.25, 0.3) is 0 Å². The summed E-state index contributed by atoms with van der Waals surface area (Å²) in [4.78, 5) is 8.65. The van der Waals surface area contributed by atoms with Crippen LogP contribution in [-0.2, 0) is 5.41 Å². The zero-order valence-corrected chi connectivity index (χ0v) is 11.5. The summed E-state index contributed by atoms with van der Waals surface area (Å²) in [6.07, 6.45) is 4.96. The highest BCUT2D eigenvalue weighted by atomic mass is 79.9. The summed E-state index contributed by atoms with van der Waals surface area (Å²) in [6, 6.07) is 1.71. The molecule has 0 bridgehead atoms. The molecule has 16 heavy (non-hydrogen) atoms. The van der Waals surface area contributed by atoms with Crippen molar-refractivity contribution in [3.8, 4) is 18.2 Å². The molecule has 0 fully saturated rings. The minimum atomic E-state index is -0.297. The van der Waals surface area contributed by atoms with Crippen LogP contribution in [0.5, 0.6) is 5.88 Å². The molecule has 1 heterocycles. The number of rotatable bonds is 2. The molecule has 3 nitrogen and oxygen atoms in total. The number of ether oxygens (including phenoxy) is 1. The monoisotopic (exact) mass is 282 g/mol. The lowest BCUT2D eigenvalue weighted by Crippen LogP contribution is -2.18. The lowest BCUT2D eigenvalue weighted by Gasteiger charge is -2.18. The van der Waals surface area contributed by atoms with Crippen molar-refractivity contribution >= 4 is 15.9 Å². The Kier molecular flexibility index (Phi) is 3.93. The SMILES string of the molecule is C#CC(C)Oc1cc(Br)nc(C(C)(C)C)n1. The predicted octanol–water partition coefficient (Wildman–Crippen LogP) is 2.94. The molecule has 1 atom stereocenters. The molecular weight excluding hydrogens is 268 g/mol. The Morgan fingerprint density at radius 1 is 1.44 bits per heavy atom. The fourth-order valence-corrected chi connectivity index (χ4v) is 1.37. The lowest BCUT2D eigenvalue weighted by atomic mass is 9.96. The molecule has 4 heteroatoms. The van der Waals surface area contributed by atoms with Crippen molar-refractivity contribution in [3.63, 3.8) is 0 Å². The fourth-order valence-electron chi connectivity index (χ4n) is 1.01. The number of nitrogens with zero attached hydrogens (tertiary/aromatic N) is 2. The first-order valence-electron chi connectivity index (χ1n) is 5.01. The van der Waals surface area contributed by atoms with E-state index >= 15 is 0 Å². The van der Waals surface area contributed by atoms with Gasteiger partial charge in [-0.15, -0.1) is 6.42 Å². The van der Waals surface area contributed by atoms with Crippen molar-refractivity contribution < 1.29 is 4.74 Å². The molecule has 0 aliphatic heterocycles. The van der Waals surface area contributed by atoms with Gasteiger partial charge >= 0.3 is 0 Å². The van der Waals surface area contributed by atoms with Gasteiger partial charge in [0, 0.05) is 11.5 Å². The van der Waals surface area contributed by atoms with Crippen LogP contribution in [0, 0.1) is 12.3 Å². The van der Waals surface area contributed by atoms with E-state index in [2.05, 4.69) is 31.8 Å². The average Bonchev–Trinajstić information content (AvgIpc) is 2.15. The van der Waals surface area contributed by atoms with E-state index in [1.54, 1.807) is 13.0 Å². The molecule has 1 aromatic rings. The molecular formula is C12H15BrN2O. The maximum Gasteiger partial charge on any atom is 0.218 e. The highest BCUT2D eigenvalue weighted by Crippen LogP contribution is 2.23. The summed E-state index contributed by atoms with van der Waals surface area (Å²) in [6.45, 7) is 7.93. The summed E-state index contributed by atoms with van der Waals surface area (Å²) in [5.41, 5.74) is -0.124. The first kappa shape index (κ1) is 13.0. The number of terminal acetylenes is 1. The van der Waals surface area contributed by atoms with Gasteiger partial charge in [-0.1, -0.05) is 26.7 Å². The fraction of sp³-hybridized carbons (Fsp3) is 0.500. The predicted molar refractivity (Wildman–Crippen MR) is 67.4 cm³/mol. The third-order valence-electron chi connectivity index (χ3n) is 1.87. The zero-order valence-electron chi connectivity index (χ0n) is 9.91. The van der Waals surface area contributed by atoms with Gasteiger partial charge < -0.3 is 4.74 Å². The van der Waals surface area contributed by atoms with Crippen LogP contribution < -0.4 is 4.74 Å². The van der Waals surface area contributed by atoms with E-state index in [0.717, 1.165) is 5.82 Å². The molecule has 0 amide bonds. The Labute approximate surface area is 105 Å². The second-order valence-electron chi connectivity index (χ2n) is 4.53. The molecule has 0 aromatic carbocycles.